The number of hydrogen-bond donors (Lipinski definition) is 1. The Hall–Kier alpha value is -1.29. The van der Waals surface area contributed by atoms with Gasteiger partial charge in [-0.2, -0.15) is 0 Å². The molecular weight excluding hydrogens is 282 g/mol. The van der Waals surface area contributed by atoms with E-state index < -0.39 is 11.4 Å². The maximum atomic E-state index is 11.4. The number of benzene rings is 1. The first-order valence-electron chi connectivity index (χ1n) is 5.54. The Morgan fingerprint density at radius 2 is 2.18 bits per heavy atom. The van der Waals surface area contributed by atoms with Gasteiger partial charge in [-0.25, -0.2) is 0 Å². The molecule has 1 heterocycles. The topological polar surface area (TPSA) is 42.2 Å². The highest BCUT2D eigenvalue weighted by Crippen LogP contribution is 2.51. The smallest absolute Gasteiger partial charge is 0.314 e. The molecule has 17 heavy (non-hydrogen) atoms. The molecule has 4 heteroatoms. The number of fused-ring (bicyclic) bond motifs is 1. The predicted octanol–water partition coefficient (Wildman–Crippen LogP) is 3.06. The SMILES string of the molecule is Cn1cc(Br)c2c(C3(C(=O)O)CC3)cccc21. The van der Waals surface area contributed by atoms with E-state index in [0.717, 1.165) is 33.8 Å². The molecule has 1 aliphatic rings. The van der Waals surface area contributed by atoms with Crippen LogP contribution in [0.25, 0.3) is 10.9 Å². The van der Waals surface area contributed by atoms with Crippen LogP contribution in [0, 0.1) is 0 Å². The molecule has 1 N–H and O–H groups in total. The summed E-state index contributed by atoms with van der Waals surface area (Å²) in [4.78, 5) is 11.4. The number of nitrogens with zero attached hydrogens (tertiary/aromatic N) is 1. The molecule has 0 saturated heterocycles. The number of halogens is 1. The van der Waals surface area contributed by atoms with E-state index in [1.54, 1.807) is 0 Å². The van der Waals surface area contributed by atoms with Gasteiger partial charge in [-0.3, -0.25) is 4.79 Å². The summed E-state index contributed by atoms with van der Waals surface area (Å²) in [5.41, 5.74) is 1.36. The van der Waals surface area contributed by atoms with Gasteiger partial charge in [-0.15, -0.1) is 0 Å². The minimum atomic E-state index is -0.708. The molecule has 1 aliphatic carbocycles. The molecule has 1 fully saturated rings. The van der Waals surface area contributed by atoms with Crippen LogP contribution in [0.15, 0.2) is 28.9 Å². The lowest BCUT2D eigenvalue weighted by atomic mass is 9.93. The summed E-state index contributed by atoms with van der Waals surface area (Å²) in [6.07, 6.45) is 3.46. The van der Waals surface area contributed by atoms with Crippen LogP contribution in [0.5, 0.6) is 0 Å². The van der Waals surface area contributed by atoms with E-state index >= 15 is 0 Å². The van der Waals surface area contributed by atoms with E-state index in [-0.39, 0.29) is 0 Å². The van der Waals surface area contributed by atoms with Gasteiger partial charge < -0.3 is 9.67 Å². The Morgan fingerprint density at radius 3 is 2.76 bits per heavy atom. The van der Waals surface area contributed by atoms with Crippen LogP contribution >= 0.6 is 15.9 Å². The highest BCUT2D eigenvalue weighted by atomic mass is 79.9. The molecule has 0 spiro atoms. The van der Waals surface area contributed by atoms with Crippen LogP contribution in [0.3, 0.4) is 0 Å². The summed E-state index contributed by atoms with van der Waals surface area (Å²) in [5.74, 6) is -0.708. The number of rotatable bonds is 2. The Balaban J connectivity index is 2.34. The van der Waals surface area contributed by atoms with Crippen molar-refractivity contribution in [3.05, 3.63) is 34.4 Å². The zero-order valence-corrected chi connectivity index (χ0v) is 11.0. The van der Waals surface area contributed by atoms with E-state index in [9.17, 15) is 9.90 Å². The van der Waals surface area contributed by atoms with Crippen LogP contribution in [0.2, 0.25) is 0 Å². The molecule has 0 radical (unpaired) electrons. The number of hydrogen-bond acceptors (Lipinski definition) is 1. The normalized spacial score (nSPS) is 17.3. The number of carbonyl (C=O) groups is 1. The van der Waals surface area contributed by atoms with Crippen molar-refractivity contribution in [1.29, 1.82) is 0 Å². The molecule has 2 aromatic rings. The molecule has 1 saturated carbocycles. The highest BCUT2D eigenvalue weighted by molar-refractivity contribution is 9.10. The number of aliphatic carboxylic acids is 1. The maximum absolute atomic E-state index is 11.4. The van der Waals surface area contributed by atoms with E-state index in [2.05, 4.69) is 15.9 Å². The summed E-state index contributed by atoms with van der Waals surface area (Å²) in [7, 11) is 1.97. The van der Waals surface area contributed by atoms with Crippen LogP contribution in [0.1, 0.15) is 18.4 Å². The van der Waals surface area contributed by atoms with Crippen molar-refractivity contribution >= 4 is 32.8 Å². The quantitative estimate of drug-likeness (QED) is 0.925. The average molecular weight is 294 g/mol. The first kappa shape index (κ1) is 10.8. The van der Waals surface area contributed by atoms with Gasteiger partial charge in [0.2, 0.25) is 0 Å². The minimum Gasteiger partial charge on any atom is -0.481 e. The Bertz CT molecular complexity index is 626. The second kappa shape index (κ2) is 3.35. The van der Waals surface area contributed by atoms with Crippen molar-refractivity contribution in [1.82, 2.24) is 4.57 Å². The maximum Gasteiger partial charge on any atom is 0.314 e. The van der Waals surface area contributed by atoms with Crippen molar-refractivity contribution < 1.29 is 9.90 Å². The molecule has 0 aliphatic heterocycles. The van der Waals surface area contributed by atoms with Gasteiger partial charge in [0.25, 0.3) is 0 Å². The van der Waals surface area contributed by atoms with Gasteiger partial charge in [0, 0.05) is 28.6 Å². The van der Waals surface area contributed by atoms with Gasteiger partial charge in [0.05, 0.1) is 5.41 Å². The van der Waals surface area contributed by atoms with E-state index in [0.29, 0.717) is 0 Å². The zero-order valence-electron chi connectivity index (χ0n) is 9.40. The van der Waals surface area contributed by atoms with Crippen LogP contribution in [-0.4, -0.2) is 15.6 Å². The second-order valence-corrected chi connectivity index (χ2v) is 5.53. The van der Waals surface area contributed by atoms with Gasteiger partial charge in [0.15, 0.2) is 0 Å². The molecule has 3 nitrogen and oxygen atoms in total. The van der Waals surface area contributed by atoms with Gasteiger partial charge in [-0.05, 0) is 40.4 Å². The largest absolute Gasteiger partial charge is 0.481 e. The summed E-state index contributed by atoms with van der Waals surface area (Å²) in [5, 5.41) is 10.4. The fourth-order valence-electron chi connectivity index (χ4n) is 2.51. The Kier molecular flexibility index (Phi) is 2.14. The van der Waals surface area contributed by atoms with Crippen molar-refractivity contribution in [2.75, 3.05) is 0 Å². The minimum absolute atomic E-state index is 0.649. The standard InChI is InChI=1S/C13H12BrNO2/c1-15-7-9(14)11-8(3-2-4-10(11)15)13(5-6-13)12(16)17/h2-4,7H,5-6H2,1H3,(H,16,17). The van der Waals surface area contributed by atoms with Crippen molar-refractivity contribution in [2.24, 2.45) is 7.05 Å². The Morgan fingerprint density at radius 1 is 1.47 bits per heavy atom. The van der Waals surface area contributed by atoms with E-state index in [1.165, 1.54) is 0 Å². The molecule has 3 rings (SSSR count). The van der Waals surface area contributed by atoms with Gasteiger partial charge >= 0.3 is 5.97 Å². The molecule has 1 aromatic carbocycles. The number of carboxylic acid groups (broad SMARTS) is 1. The number of aryl methyl sites for hydroxylation is 1. The molecule has 0 bridgehead atoms. The average Bonchev–Trinajstić information content (AvgIpc) is 3.04. The van der Waals surface area contributed by atoms with Crippen LogP contribution < -0.4 is 0 Å². The van der Waals surface area contributed by atoms with Gasteiger partial charge in [0.1, 0.15) is 0 Å². The molecule has 0 atom stereocenters. The number of aromatic nitrogens is 1. The van der Waals surface area contributed by atoms with Crippen molar-refractivity contribution in [3.63, 3.8) is 0 Å². The zero-order chi connectivity index (χ0) is 12.2. The molecular formula is C13H12BrNO2. The predicted molar refractivity (Wildman–Crippen MR) is 69.2 cm³/mol. The lowest BCUT2D eigenvalue weighted by molar-refractivity contribution is -0.139. The fraction of sp³-hybridized carbons (Fsp3) is 0.308. The summed E-state index contributed by atoms with van der Waals surface area (Å²) in [6.45, 7) is 0. The fourth-order valence-corrected chi connectivity index (χ4v) is 3.24. The summed E-state index contributed by atoms with van der Waals surface area (Å²) >= 11 is 3.52. The first-order chi connectivity index (χ1) is 8.06. The van der Waals surface area contributed by atoms with Crippen molar-refractivity contribution in [2.45, 2.75) is 18.3 Å². The Labute approximate surface area is 107 Å². The number of carboxylic acids is 1. The lowest BCUT2D eigenvalue weighted by Gasteiger charge is -2.12. The third-order valence-corrected chi connectivity index (χ3v) is 4.24. The first-order valence-corrected chi connectivity index (χ1v) is 6.33. The molecule has 88 valence electrons. The third kappa shape index (κ3) is 1.37. The third-order valence-electron chi connectivity index (χ3n) is 3.64. The molecule has 0 unspecified atom stereocenters. The highest BCUT2D eigenvalue weighted by Gasteiger charge is 2.52. The van der Waals surface area contributed by atoms with E-state index in [1.807, 2.05) is 36.0 Å². The van der Waals surface area contributed by atoms with E-state index in [4.69, 9.17) is 0 Å². The van der Waals surface area contributed by atoms with Crippen molar-refractivity contribution in [3.8, 4) is 0 Å². The molecule has 1 aromatic heterocycles. The monoisotopic (exact) mass is 293 g/mol. The second-order valence-electron chi connectivity index (χ2n) is 4.67. The summed E-state index contributed by atoms with van der Waals surface area (Å²) in [6, 6.07) is 5.89. The van der Waals surface area contributed by atoms with Crippen LogP contribution in [-0.2, 0) is 17.3 Å². The lowest BCUT2D eigenvalue weighted by Crippen LogP contribution is -2.19. The summed E-state index contributed by atoms with van der Waals surface area (Å²) < 4.78 is 2.99. The molecule has 0 amide bonds. The van der Waals surface area contributed by atoms with Gasteiger partial charge in [-0.1, -0.05) is 12.1 Å². The van der Waals surface area contributed by atoms with Crippen LogP contribution in [0.4, 0.5) is 0 Å².